The molecule has 3 N–H and O–H groups in total. The van der Waals surface area contributed by atoms with E-state index in [9.17, 15) is 5.11 Å². The molecule has 0 aromatic heterocycles. The molecule has 0 radical (unpaired) electrons. The number of hydrogen-bond donors (Lipinski definition) is 2. The molecule has 0 atom stereocenters. The van der Waals surface area contributed by atoms with Crippen LogP contribution in [0.5, 0.6) is 5.75 Å². The first-order valence-corrected chi connectivity index (χ1v) is 7.23. The molecule has 2 heteroatoms. The lowest BCUT2D eigenvalue weighted by Crippen LogP contribution is -1.90. The summed E-state index contributed by atoms with van der Waals surface area (Å²) in [6.45, 7) is 0. The number of anilines is 1. The smallest absolute Gasteiger partial charge is 0.146 e. The normalized spacial score (nSPS) is 11.1. The fourth-order valence-corrected chi connectivity index (χ4v) is 2.97. The summed E-state index contributed by atoms with van der Waals surface area (Å²) >= 11 is 0. The fourth-order valence-electron chi connectivity index (χ4n) is 2.97. The van der Waals surface area contributed by atoms with Gasteiger partial charge in [0, 0.05) is 5.39 Å². The molecule has 0 bridgehead atoms. The fraction of sp³-hybridized carbons (Fsp3) is 0. The Kier molecular flexibility index (Phi) is 2.76. The molecular weight excluding hydrogens is 270 g/mol. The van der Waals surface area contributed by atoms with Crippen LogP contribution in [-0.2, 0) is 0 Å². The third kappa shape index (κ3) is 1.89. The van der Waals surface area contributed by atoms with Gasteiger partial charge in [0.1, 0.15) is 5.75 Å². The first kappa shape index (κ1) is 12.7. The Labute approximate surface area is 128 Å². The molecule has 0 heterocycles. The number of rotatable bonds is 1. The van der Waals surface area contributed by atoms with Crippen molar-refractivity contribution >= 4 is 27.2 Å². The zero-order valence-corrected chi connectivity index (χ0v) is 12.0. The van der Waals surface area contributed by atoms with Crippen molar-refractivity contribution in [3.05, 3.63) is 72.8 Å². The van der Waals surface area contributed by atoms with E-state index in [1.54, 1.807) is 0 Å². The molecule has 4 aromatic rings. The molecule has 0 amide bonds. The van der Waals surface area contributed by atoms with Crippen molar-refractivity contribution in [1.82, 2.24) is 0 Å². The molecule has 0 aliphatic carbocycles. The Hall–Kier alpha value is -3.00. The lowest BCUT2D eigenvalue weighted by molar-refractivity contribution is 0.484. The average molecular weight is 285 g/mol. The number of phenols is 1. The standard InChI is InChI=1S/C20H15NO/c21-19-12-16(13-6-2-1-3-7-13)17-10-14-8-4-5-9-15(14)11-18(17)20(19)22/h1-12,22H,21H2. The molecular formula is C20H15NO. The minimum absolute atomic E-state index is 0.153. The molecule has 0 aliphatic heterocycles. The van der Waals surface area contributed by atoms with Crippen LogP contribution < -0.4 is 5.73 Å². The zero-order chi connectivity index (χ0) is 15.1. The van der Waals surface area contributed by atoms with Crippen molar-refractivity contribution in [2.24, 2.45) is 0 Å². The molecule has 0 saturated heterocycles. The number of nitrogen functional groups attached to an aromatic ring is 1. The summed E-state index contributed by atoms with van der Waals surface area (Å²) in [7, 11) is 0. The Morgan fingerprint density at radius 1 is 0.682 bits per heavy atom. The lowest BCUT2D eigenvalue weighted by Gasteiger charge is -2.12. The molecule has 0 saturated carbocycles. The van der Waals surface area contributed by atoms with Gasteiger partial charge in [0.25, 0.3) is 0 Å². The Morgan fingerprint density at radius 2 is 1.27 bits per heavy atom. The Morgan fingerprint density at radius 3 is 1.95 bits per heavy atom. The molecule has 22 heavy (non-hydrogen) atoms. The van der Waals surface area contributed by atoms with Crippen LogP contribution in [0.3, 0.4) is 0 Å². The van der Waals surface area contributed by atoms with E-state index in [2.05, 4.69) is 24.3 Å². The van der Waals surface area contributed by atoms with Crippen molar-refractivity contribution in [2.75, 3.05) is 5.73 Å². The Balaban J connectivity index is 2.17. The van der Waals surface area contributed by atoms with Crippen molar-refractivity contribution < 1.29 is 5.11 Å². The van der Waals surface area contributed by atoms with Gasteiger partial charge in [-0.05, 0) is 45.5 Å². The molecule has 4 rings (SSSR count). The number of nitrogens with two attached hydrogens (primary N) is 1. The van der Waals surface area contributed by atoms with Crippen LogP contribution in [0.2, 0.25) is 0 Å². The minimum Gasteiger partial charge on any atom is -0.505 e. The second-order valence-electron chi connectivity index (χ2n) is 5.47. The van der Waals surface area contributed by atoms with Gasteiger partial charge in [-0.15, -0.1) is 0 Å². The summed E-state index contributed by atoms with van der Waals surface area (Å²) in [5.74, 6) is 0.153. The summed E-state index contributed by atoms with van der Waals surface area (Å²) < 4.78 is 0. The van der Waals surface area contributed by atoms with Gasteiger partial charge in [-0.3, -0.25) is 0 Å². The summed E-state index contributed by atoms with van der Waals surface area (Å²) in [5, 5.41) is 14.4. The first-order valence-electron chi connectivity index (χ1n) is 7.23. The molecule has 0 unspecified atom stereocenters. The summed E-state index contributed by atoms with van der Waals surface area (Å²) in [6, 6.07) is 24.2. The van der Waals surface area contributed by atoms with Gasteiger partial charge in [0.15, 0.2) is 0 Å². The third-order valence-electron chi connectivity index (χ3n) is 4.09. The molecule has 2 nitrogen and oxygen atoms in total. The monoisotopic (exact) mass is 285 g/mol. The van der Waals surface area contributed by atoms with Gasteiger partial charge in [-0.1, -0.05) is 54.6 Å². The Bertz CT molecular complexity index is 991. The van der Waals surface area contributed by atoms with Gasteiger partial charge < -0.3 is 10.8 Å². The van der Waals surface area contributed by atoms with Crippen LogP contribution in [0, 0.1) is 0 Å². The van der Waals surface area contributed by atoms with Crippen molar-refractivity contribution in [1.29, 1.82) is 0 Å². The number of phenolic OH excluding ortho intramolecular Hbond substituents is 1. The second kappa shape index (κ2) is 4.78. The van der Waals surface area contributed by atoms with Crippen LogP contribution in [0.1, 0.15) is 0 Å². The highest BCUT2D eigenvalue weighted by atomic mass is 16.3. The van der Waals surface area contributed by atoms with Crippen LogP contribution >= 0.6 is 0 Å². The van der Waals surface area contributed by atoms with Gasteiger partial charge in [-0.2, -0.15) is 0 Å². The maximum Gasteiger partial charge on any atom is 0.146 e. The van der Waals surface area contributed by atoms with E-state index in [1.165, 1.54) is 0 Å². The van der Waals surface area contributed by atoms with E-state index in [1.807, 2.05) is 48.5 Å². The van der Waals surface area contributed by atoms with Gasteiger partial charge >= 0.3 is 0 Å². The van der Waals surface area contributed by atoms with Crippen LogP contribution in [0.25, 0.3) is 32.7 Å². The maximum atomic E-state index is 10.4. The minimum atomic E-state index is 0.153. The summed E-state index contributed by atoms with van der Waals surface area (Å²) in [5.41, 5.74) is 8.55. The molecule has 0 fully saturated rings. The summed E-state index contributed by atoms with van der Waals surface area (Å²) in [6.07, 6.45) is 0. The third-order valence-corrected chi connectivity index (χ3v) is 4.09. The largest absolute Gasteiger partial charge is 0.505 e. The summed E-state index contributed by atoms with van der Waals surface area (Å²) in [4.78, 5) is 0. The highest BCUT2D eigenvalue weighted by Gasteiger charge is 2.12. The van der Waals surface area contributed by atoms with Crippen LogP contribution in [-0.4, -0.2) is 5.11 Å². The topological polar surface area (TPSA) is 46.2 Å². The van der Waals surface area contributed by atoms with Crippen LogP contribution in [0.4, 0.5) is 5.69 Å². The lowest BCUT2D eigenvalue weighted by atomic mass is 9.94. The first-order chi connectivity index (χ1) is 10.7. The zero-order valence-electron chi connectivity index (χ0n) is 12.0. The highest BCUT2D eigenvalue weighted by Crippen LogP contribution is 2.40. The van der Waals surface area contributed by atoms with Crippen molar-refractivity contribution in [3.8, 4) is 16.9 Å². The van der Waals surface area contributed by atoms with Gasteiger partial charge in [0.05, 0.1) is 5.69 Å². The van der Waals surface area contributed by atoms with E-state index in [-0.39, 0.29) is 5.75 Å². The predicted molar refractivity (Wildman–Crippen MR) is 93.0 cm³/mol. The van der Waals surface area contributed by atoms with E-state index in [0.717, 1.165) is 32.7 Å². The van der Waals surface area contributed by atoms with E-state index in [0.29, 0.717) is 5.69 Å². The van der Waals surface area contributed by atoms with E-state index < -0.39 is 0 Å². The SMILES string of the molecule is Nc1cc(-c2ccccc2)c2cc3ccccc3cc2c1O. The number of benzene rings is 4. The molecule has 106 valence electrons. The predicted octanol–water partition coefficient (Wildman–Crippen LogP) is 4.95. The molecule has 0 aliphatic rings. The van der Waals surface area contributed by atoms with Crippen molar-refractivity contribution in [2.45, 2.75) is 0 Å². The number of hydrogen-bond acceptors (Lipinski definition) is 2. The maximum absolute atomic E-state index is 10.4. The van der Waals surface area contributed by atoms with E-state index in [4.69, 9.17) is 5.73 Å². The van der Waals surface area contributed by atoms with Gasteiger partial charge in [-0.25, -0.2) is 0 Å². The number of fused-ring (bicyclic) bond motifs is 2. The highest BCUT2D eigenvalue weighted by molar-refractivity contribution is 6.09. The average Bonchev–Trinajstić information content (AvgIpc) is 2.57. The number of aromatic hydroxyl groups is 1. The molecule has 4 aromatic carbocycles. The second-order valence-corrected chi connectivity index (χ2v) is 5.47. The van der Waals surface area contributed by atoms with E-state index >= 15 is 0 Å². The van der Waals surface area contributed by atoms with Gasteiger partial charge in [0.2, 0.25) is 0 Å². The van der Waals surface area contributed by atoms with Crippen molar-refractivity contribution in [3.63, 3.8) is 0 Å². The molecule has 0 spiro atoms. The quantitative estimate of drug-likeness (QED) is 0.295. The van der Waals surface area contributed by atoms with Crippen LogP contribution in [0.15, 0.2) is 72.8 Å².